The predicted octanol–water partition coefficient (Wildman–Crippen LogP) is 1.51. The molecule has 0 aromatic carbocycles. The van der Waals surface area contributed by atoms with Gasteiger partial charge in [-0.15, -0.1) is 0 Å². The third-order valence-corrected chi connectivity index (χ3v) is 4.49. The largest absolute Gasteiger partial charge is 0.383 e. The van der Waals surface area contributed by atoms with E-state index in [0.29, 0.717) is 18.6 Å². The van der Waals surface area contributed by atoms with Gasteiger partial charge in [-0.25, -0.2) is 0 Å². The van der Waals surface area contributed by atoms with Crippen LogP contribution in [0.4, 0.5) is 0 Å². The lowest BCUT2D eigenvalue weighted by molar-refractivity contribution is -0.136. The first kappa shape index (κ1) is 17.9. The molecular weight excluding hydrogens is 292 g/mol. The average Bonchev–Trinajstić information content (AvgIpc) is 2.98. The van der Waals surface area contributed by atoms with E-state index >= 15 is 0 Å². The lowest BCUT2D eigenvalue weighted by atomic mass is 9.93. The number of piperidine rings is 1. The lowest BCUT2D eigenvalue weighted by Crippen LogP contribution is -2.50. The van der Waals surface area contributed by atoms with E-state index in [0.717, 1.165) is 32.6 Å². The van der Waals surface area contributed by atoms with Gasteiger partial charge in [0.15, 0.2) is 0 Å². The monoisotopic (exact) mass is 322 g/mol. The second-order valence-electron chi connectivity index (χ2n) is 6.80. The van der Waals surface area contributed by atoms with Crippen molar-refractivity contribution in [2.45, 2.75) is 46.3 Å². The molecule has 2 heterocycles. The maximum absolute atomic E-state index is 12.1. The Labute approximate surface area is 139 Å². The van der Waals surface area contributed by atoms with Crippen molar-refractivity contribution in [3.05, 3.63) is 18.0 Å². The number of methoxy groups -OCH3 is 1. The summed E-state index contributed by atoms with van der Waals surface area (Å²) in [6, 6.07) is 0.452. The number of aromatic nitrogens is 2. The van der Waals surface area contributed by atoms with Crippen molar-refractivity contribution in [1.29, 1.82) is 0 Å². The SMILES string of the molecule is COCCn1cc(CNC2CCN(C(=O)C(C)C)CC2C)cn1. The fraction of sp³-hybridized carbons (Fsp3) is 0.765. The van der Waals surface area contributed by atoms with Crippen molar-refractivity contribution in [2.24, 2.45) is 11.8 Å². The summed E-state index contributed by atoms with van der Waals surface area (Å²) < 4.78 is 6.97. The molecule has 1 N–H and O–H groups in total. The first-order valence-corrected chi connectivity index (χ1v) is 8.53. The summed E-state index contributed by atoms with van der Waals surface area (Å²) in [6.07, 6.45) is 4.98. The minimum Gasteiger partial charge on any atom is -0.383 e. The Kier molecular flexibility index (Phi) is 6.59. The van der Waals surface area contributed by atoms with Crippen LogP contribution < -0.4 is 5.32 Å². The highest BCUT2D eigenvalue weighted by molar-refractivity contribution is 5.78. The number of likely N-dealkylation sites (tertiary alicyclic amines) is 1. The molecule has 2 rings (SSSR count). The van der Waals surface area contributed by atoms with E-state index in [-0.39, 0.29) is 11.8 Å². The summed E-state index contributed by atoms with van der Waals surface area (Å²) >= 11 is 0. The van der Waals surface area contributed by atoms with Crippen LogP contribution in [0.15, 0.2) is 12.4 Å². The van der Waals surface area contributed by atoms with Crippen LogP contribution in [-0.4, -0.2) is 53.4 Å². The highest BCUT2D eigenvalue weighted by atomic mass is 16.5. The number of hydrogen-bond acceptors (Lipinski definition) is 4. The van der Waals surface area contributed by atoms with Crippen molar-refractivity contribution in [1.82, 2.24) is 20.0 Å². The number of hydrogen-bond donors (Lipinski definition) is 1. The van der Waals surface area contributed by atoms with E-state index in [1.807, 2.05) is 29.6 Å². The third kappa shape index (κ3) is 5.04. The minimum absolute atomic E-state index is 0.0876. The fourth-order valence-corrected chi connectivity index (χ4v) is 3.07. The van der Waals surface area contributed by atoms with Crippen molar-refractivity contribution in [3.63, 3.8) is 0 Å². The fourth-order valence-electron chi connectivity index (χ4n) is 3.07. The molecule has 1 fully saturated rings. The van der Waals surface area contributed by atoms with Crippen LogP contribution in [0, 0.1) is 11.8 Å². The van der Waals surface area contributed by atoms with Gasteiger partial charge in [0.1, 0.15) is 0 Å². The van der Waals surface area contributed by atoms with Crippen LogP contribution in [0.5, 0.6) is 0 Å². The van der Waals surface area contributed by atoms with Crippen LogP contribution >= 0.6 is 0 Å². The number of rotatable bonds is 7. The number of carbonyl (C=O) groups excluding carboxylic acids is 1. The van der Waals surface area contributed by atoms with Gasteiger partial charge in [0.05, 0.1) is 19.3 Å². The Bertz CT molecular complexity index is 501. The summed E-state index contributed by atoms with van der Waals surface area (Å²) in [5, 5.41) is 7.96. The van der Waals surface area contributed by atoms with Crippen molar-refractivity contribution in [2.75, 3.05) is 26.8 Å². The van der Waals surface area contributed by atoms with Gasteiger partial charge in [-0.3, -0.25) is 9.48 Å². The number of ether oxygens (including phenoxy) is 1. The van der Waals surface area contributed by atoms with E-state index in [9.17, 15) is 4.79 Å². The van der Waals surface area contributed by atoms with Gasteiger partial charge in [-0.1, -0.05) is 20.8 Å². The van der Waals surface area contributed by atoms with E-state index in [4.69, 9.17) is 4.74 Å². The molecule has 1 aliphatic heterocycles. The highest BCUT2D eigenvalue weighted by Crippen LogP contribution is 2.19. The zero-order valence-electron chi connectivity index (χ0n) is 14.8. The van der Waals surface area contributed by atoms with Gasteiger partial charge < -0.3 is 15.0 Å². The highest BCUT2D eigenvalue weighted by Gasteiger charge is 2.29. The maximum atomic E-state index is 12.1. The molecule has 2 atom stereocenters. The molecule has 6 heteroatoms. The molecule has 0 radical (unpaired) electrons. The molecule has 6 nitrogen and oxygen atoms in total. The Morgan fingerprint density at radius 3 is 2.96 bits per heavy atom. The summed E-state index contributed by atoms with van der Waals surface area (Å²) in [4.78, 5) is 14.1. The second kappa shape index (κ2) is 8.45. The Morgan fingerprint density at radius 2 is 2.30 bits per heavy atom. The average molecular weight is 322 g/mol. The summed E-state index contributed by atoms with van der Waals surface area (Å²) in [5.74, 6) is 0.828. The smallest absolute Gasteiger partial charge is 0.225 e. The standard InChI is InChI=1S/C17H30N4O2/c1-13(2)17(22)20-6-5-16(14(3)11-20)18-9-15-10-19-21(12-15)7-8-23-4/h10,12-14,16,18H,5-9,11H2,1-4H3. The number of nitrogens with one attached hydrogen (secondary N) is 1. The normalized spacial score (nSPS) is 21.9. The maximum Gasteiger partial charge on any atom is 0.225 e. The topological polar surface area (TPSA) is 59.4 Å². The van der Waals surface area contributed by atoms with Crippen LogP contribution in [0.3, 0.4) is 0 Å². The number of amides is 1. The first-order chi connectivity index (χ1) is 11.0. The molecule has 1 amide bonds. The van der Waals surface area contributed by atoms with Crippen LogP contribution in [-0.2, 0) is 22.6 Å². The quantitative estimate of drug-likeness (QED) is 0.827. The summed E-state index contributed by atoms with van der Waals surface area (Å²) in [7, 11) is 1.70. The van der Waals surface area contributed by atoms with Crippen LogP contribution in [0.2, 0.25) is 0 Å². The van der Waals surface area contributed by atoms with Gasteiger partial charge in [0.25, 0.3) is 0 Å². The molecule has 1 saturated heterocycles. The van der Waals surface area contributed by atoms with Crippen LogP contribution in [0.1, 0.15) is 32.8 Å². The van der Waals surface area contributed by atoms with Crippen LogP contribution in [0.25, 0.3) is 0 Å². The van der Waals surface area contributed by atoms with E-state index in [1.165, 1.54) is 5.56 Å². The molecule has 2 unspecified atom stereocenters. The zero-order chi connectivity index (χ0) is 16.8. The number of nitrogens with zero attached hydrogens (tertiary/aromatic N) is 3. The van der Waals surface area contributed by atoms with Crippen molar-refractivity contribution >= 4 is 5.91 Å². The molecule has 1 aliphatic rings. The minimum atomic E-state index is 0.0876. The molecule has 0 aliphatic carbocycles. The Balaban J connectivity index is 1.78. The van der Waals surface area contributed by atoms with E-state index in [1.54, 1.807) is 7.11 Å². The number of carbonyl (C=O) groups is 1. The first-order valence-electron chi connectivity index (χ1n) is 8.53. The molecule has 1 aromatic heterocycles. The van der Waals surface area contributed by atoms with Gasteiger partial charge in [0, 0.05) is 50.5 Å². The second-order valence-corrected chi connectivity index (χ2v) is 6.80. The molecule has 130 valence electrons. The molecule has 0 bridgehead atoms. The Morgan fingerprint density at radius 1 is 1.52 bits per heavy atom. The zero-order valence-corrected chi connectivity index (χ0v) is 14.8. The molecule has 0 saturated carbocycles. The summed E-state index contributed by atoms with van der Waals surface area (Å²) in [6.45, 7) is 10.1. The van der Waals surface area contributed by atoms with E-state index in [2.05, 4.69) is 23.5 Å². The summed E-state index contributed by atoms with van der Waals surface area (Å²) in [5.41, 5.74) is 1.19. The van der Waals surface area contributed by atoms with Gasteiger partial charge in [0.2, 0.25) is 5.91 Å². The van der Waals surface area contributed by atoms with Crippen molar-refractivity contribution in [3.8, 4) is 0 Å². The molecule has 0 spiro atoms. The van der Waals surface area contributed by atoms with Crippen molar-refractivity contribution < 1.29 is 9.53 Å². The third-order valence-electron chi connectivity index (χ3n) is 4.49. The van der Waals surface area contributed by atoms with E-state index < -0.39 is 0 Å². The molecule has 23 heavy (non-hydrogen) atoms. The van der Waals surface area contributed by atoms with Gasteiger partial charge in [-0.2, -0.15) is 5.10 Å². The predicted molar refractivity (Wildman–Crippen MR) is 89.9 cm³/mol. The lowest BCUT2D eigenvalue weighted by Gasteiger charge is -2.38. The Hall–Kier alpha value is -1.40. The van der Waals surface area contributed by atoms with Gasteiger partial charge in [-0.05, 0) is 12.3 Å². The molecular formula is C17H30N4O2. The van der Waals surface area contributed by atoms with Gasteiger partial charge >= 0.3 is 0 Å². The molecule has 1 aromatic rings.